The Labute approximate surface area is 444 Å². The molecular weight excluding hydrogens is 906 g/mol. The van der Waals surface area contributed by atoms with Crippen LogP contribution in [0.3, 0.4) is 0 Å². The van der Waals surface area contributed by atoms with Gasteiger partial charge in [-0.3, -0.25) is 0 Å². The minimum absolute atomic E-state index is 0.194. The molecule has 0 amide bonds. The first-order valence-electron chi connectivity index (χ1n) is 27.3. The summed E-state index contributed by atoms with van der Waals surface area (Å²) in [6, 6.07) is 87.2. The molecular formula is C71H62BN3. The van der Waals surface area contributed by atoms with Crippen molar-refractivity contribution in [2.24, 2.45) is 0 Å². The van der Waals surface area contributed by atoms with E-state index in [9.17, 15) is 0 Å². The Balaban J connectivity index is 1.15. The van der Waals surface area contributed by atoms with Crippen LogP contribution in [0.1, 0.15) is 75.6 Å². The predicted molar refractivity (Wildman–Crippen MR) is 321 cm³/mol. The monoisotopic (exact) mass is 968 g/mol. The average Bonchev–Trinajstić information content (AvgIpc) is 3.70. The first-order chi connectivity index (χ1) is 36.9. The van der Waals surface area contributed by atoms with E-state index in [1.165, 1.54) is 113 Å². The third kappa shape index (κ3) is 7.89. The molecule has 3 aliphatic rings. The van der Waals surface area contributed by atoms with Crippen molar-refractivity contribution in [3.05, 3.63) is 253 Å². The van der Waals surface area contributed by atoms with Gasteiger partial charge in [-0.05, 0) is 171 Å². The van der Waals surface area contributed by atoms with Crippen LogP contribution >= 0.6 is 0 Å². The molecule has 0 saturated heterocycles. The maximum Gasteiger partial charge on any atom is 0.333 e. The SMILES string of the molecule is CCCCc1ccc(N(c2ccccc2)c2ccc3c(c2)N(c2ccccc2)B2c4c-3cc(-c3ccccc3)cc4N(c3ccc(CCCC)cc3-c3ccccc3)c3ccc4c(c32)-c2ccccc2C4(C)C)cc1. The van der Waals surface area contributed by atoms with Gasteiger partial charge in [-0.15, -0.1) is 0 Å². The molecule has 0 spiro atoms. The quantitative estimate of drug-likeness (QED) is 0.107. The number of benzene rings is 10. The van der Waals surface area contributed by atoms with Gasteiger partial charge in [-0.25, -0.2) is 0 Å². The summed E-state index contributed by atoms with van der Waals surface area (Å²) >= 11 is 0. The zero-order valence-electron chi connectivity index (χ0n) is 43.6. The van der Waals surface area contributed by atoms with Crippen molar-refractivity contribution in [1.29, 1.82) is 0 Å². The largest absolute Gasteiger partial charge is 0.376 e. The van der Waals surface area contributed by atoms with Crippen molar-refractivity contribution >= 4 is 63.3 Å². The zero-order chi connectivity index (χ0) is 50.6. The topological polar surface area (TPSA) is 9.72 Å². The molecule has 1 aliphatic carbocycles. The van der Waals surface area contributed by atoms with Crippen molar-refractivity contribution in [3.8, 4) is 44.5 Å². The third-order valence-corrected chi connectivity index (χ3v) is 16.4. The molecule has 364 valence electrons. The highest BCUT2D eigenvalue weighted by atomic mass is 15.2. The number of hydrogen-bond donors (Lipinski definition) is 0. The number of unbranched alkanes of at least 4 members (excludes halogenated alkanes) is 2. The fourth-order valence-corrected chi connectivity index (χ4v) is 12.7. The van der Waals surface area contributed by atoms with Crippen molar-refractivity contribution in [1.82, 2.24) is 0 Å². The highest BCUT2D eigenvalue weighted by Crippen LogP contribution is 2.55. The molecule has 0 bridgehead atoms. The van der Waals surface area contributed by atoms with Crippen LogP contribution in [0, 0.1) is 0 Å². The average molecular weight is 968 g/mol. The molecule has 3 nitrogen and oxygen atoms in total. The van der Waals surface area contributed by atoms with Gasteiger partial charge in [-0.1, -0.05) is 192 Å². The minimum Gasteiger partial charge on any atom is -0.376 e. The molecule has 0 saturated carbocycles. The molecule has 2 aliphatic heterocycles. The van der Waals surface area contributed by atoms with Crippen LogP contribution in [0.4, 0.5) is 45.5 Å². The first-order valence-corrected chi connectivity index (χ1v) is 27.3. The summed E-state index contributed by atoms with van der Waals surface area (Å²) in [6.07, 6.45) is 6.81. The van der Waals surface area contributed by atoms with Crippen molar-refractivity contribution in [2.75, 3.05) is 14.6 Å². The van der Waals surface area contributed by atoms with Gasteiger partial charge in [0.15, 0.2) is 0 Å². The molecule has 0 fully saturated rings. The predicted octanol–water partition coefficient (Wildman–Crippen LogP) is 18.2. The van der Waals surface area contributed by atoms with Gasteiger partial charge in [0.1, 0.15) is 0 Å². The van der Waals surface area contributed by atoms with Gasteiger partial charge in [0.05, 0.1) is 5.69 Å². The maximum absolute atomic E-state index is 2.69. The highest BCUT2D eigenvalue weighted by molar-refractivity contribution is 6.94. The van der Waals surface area contributed by atoms with Crippen molar-refractivity contribution < 1.29 is 0 Å². The summed E-state index contributed by atoms with van der Waals surface area (Å²) in [7, 11) is 0. The Morgan fingerprint density at radius 1 is 0.400 bits per heavy atom. The van der Waals surface area contributed by atoms with E-state index < -0.39 is 0 Å². The zero-order valence-corrected chi connectivity index (χ0v) is 43.6. The fraction of sp³-hybridized carbons (Fsp3) is 0.155. The van der Waals surface area contributed by atoms with Crippen LogP contribution in [-0.2, 0) is 18.3 Å². The molecule has 13 rings (SSSR count). The van der Waals surface area contributed by atoms with E-state index in [0.29, 0.717) is 0 Å². The van der Waals surface area contributed by atoms with Gasteiger partial charge in [0.25, 0.3) is 0 Å². The second kappa shape index (κ2) is 19.2. The molecule has 0 N–H and O–H groups in total. The van der Waals surface area contributed by atoms with Crippen LogP contribution in [0.5, 0.6) is 0 Å². The van der Waals surface area contributed by atoms with E-state index in [4.69, 9.17) is 0 Å². The van der Waals surface area contributed by atoms with Crippen LogP contribution in [0.2, 0.25) is 0 Å². The van der Waals surface area contributed by atoms with Gasteiger partial charge in [0, 0.05) is 56.4 Å². The van der Waals surface area contributed by atoms with Crippen molar-refractivity contribution in [3.63, 3.8) is 0 Å². The summed E-state index contributed by atoms with van der Waals surface area (Å²) in [5.41, 5.74) is 27.3. The number of aryl methyl sites for hydroxylation is 2. The van der Waals surface area contributed by atoms with E-state index in [2.05, 4.69) is 273 Å². The lowest BCUT2D eigenvalue weighted by Crippen LogP contribution is -2.62. The van der Waals surface area contributed by atoms with Crippen LogP contribution in [-0.4, -0.2) is 6.85 Å². The number of nitrogens with zero attached hydrogens (tertiary/aromatic N) is 3. The molecule has 75 heavy (non-hydrogen) atoms. The minimum atomic E-state index is -0.207. The van der Waals surface area contributed by atoms with Crippen LogP contribution in [0.15, 0.2) is 231 Å². The molecule has 0 radical (unpaired) electrons. The molecule has 0 unspecified atom stereocenters. The highest BCUT2D eigenvalue weighted by Gasteiger charge is 2.50. The Bertz CT molecular complexity index is 3720. The van der Waals surface area contributed by atoms with Gasteiger partial charge < -0.3 is 14.6 Å². The lowest BCUT2D eigenvalue weighted by Gasteiger charge is -2.47. The standard InChI is InChI=1S/C71H62BN3/c1-5-7-23-49-35-38-55(39-36-49)73(54-29-17-11-18-30-54)57-40-41-58-61-46-53(51-25-13-9-14-26-51)47-67-69(61)72(75(66(58)48-57)56-31-19-12-20-32-56)70-65(44-42-63-68(70)59-33-21-22-34-62(59)71(63,3)4)74(67)64-43-37-50(24-8-6-2)45-60(64)52-27-15-10-16-28-52/h9-22,25-48H,5-8,23-24H2,1-4H3. The molecule has 10 aromatic rings. The van der Waals surface area contributed by atoms with Crippen LogP contribution < -0.4 is 25.5 Å². The van der Waals surface area contributed by atoms with E-state index >= 15 is 0 Å². The maximum atomic E-state index is 2.69. The lowest BCUT2D eigenvalue weighted by atomic mass is 9.42. The van der Waals surface area contributed by atoms with Crippen molar-refractivity contribution in [2.45, 2.75) is 71.6 Å². The van der Waals surface area contributed by atoms with E-state index in [0.717, 1.165) is 48.4 Å². The molecule has 0 atom stereocenters. The fourth-order valence-electron chi connectivity index (χ4n) is 12.7. The normalized spacial score (nSPS) is 13.4. The molecule has 0 aromatic heterocycles. The Morgan fingerprint density at radius 2 is 1.00 bits per heavy atom. The third-order valence-electron chi connectivity index (χ3n) is 16.4. The molecule has 10 aromatic carbocycles. The van der Waals surface area contributed by atoms with Crippen LogP contribution in [0.25, 0.3) is 44.5 Å². The number of hydrogen-bond acceptors (Lipinski definition) is 3. The number of fused-ring (bicyclic) bond motifs is 8. The van der Waals surface area contributed by atoms with E-state index in [1.807, 2.05) is 0 Å². The molecule has 4 heteroatoms. The second-order valence-electron chi connectivity index (χ2n) is 21.3. The van der Waals surface area contributed by atoms with Gasteiger partial charge in [0.2, 0.25) is 0 Å². The number of anilines is 8. The Kier molecular flexibility index (Phi) is 11.9. The summed E-state index contributed by atoms with van der Waals surface area (Å²) < 4.78 is 0. The van der Waals surface area contributed by atoms with E-state index in [1.54, 1.807) is 0 Å². The lowest BCUT2D eigenvalue weighted by molar-refractivity contribution is 0.660. The summed E-state index contributed by atoms with van der Waals surface area (Å²) in [6.45, 7) is 9.21. The Hall–Kier alpha value is -8.34. The summed E-state index contributed by atoms with van der Waals surface area (Å²) in [4.78, 5) is 7.79. The first kappa shape index (κ1) is 46.5. The summed E-state index contributed by atoms with van der Waals surface area (Å²) in [5, 5.41) is 0. The smallest absolute Gasteiger partial charge is 0.333 e. The number of para-hydroxylation sites is 2. The number of rotatable bonds is 13. The summed E-state index contributed by atoms with van der Waals surface area (Å²) in [5.74, 6) is 0. The Morgan fingerprint density at radius 3 is 1.72 bits per heavy atom. The van der Waals surface area contributed by atoms with E-state index in [-0.39, 0.29) is 12.3 Å². The second-order valence-corrected chi connectivity index (χ2v) is 21.3. The van der Waals surface area contributed by atoms with Gasteiger partial charge in [-0.2, -0.15) is 0 Å². The van der Waals surface area contributed by atoms with Gasteiger partial charge >= 0.3 is 6.85 Å². The molecule has 2 heterocycles.